The first-order valence-electron chi connectivity index (χ1n) is 8.40. The Kier molecular flexibility index (Phi) is 7.00. The third-order valence-electron chi connectivity index (χ3n) is 4.31. The van der Waals surface area contributed by atoms with Gasteiger partial charge < -0.3 is 14.5 Å². The van der Waals surface area contributed by atoms with E-state index in [1.807, 2.05) is 9.80 Å². The Hall–Kier alpha value is -1.10. The zero-order valence-electron chi connectivity index (χ0n) is 13.0. The van der Waals surface area contributed by atoms with Gasteiger partial charge in [0.2, 0.25) is 11.8 Å². The Balaban J connectivity index is 1.51. The summed E-state index contributed by atoms with van der Waals surface area (Å²) in [7, 11) is 0. The van der Waals surface area contributed by atoms with E-state index >= 15 is 0 Å². The molecule has 0 N–H and O–H groups in total. The molecule has 21 heavy (non-hydrogen) atoms. The van der Waals surface area contributed by atoms with Crippen LogP contribution in [0.15, 0.2) is 0 Å². The van der Waals surface area contributed by atoms with E-state index in [-0.39, 0.29) is 5.91 Å². The average Bonchev–Trinajstić information content (AvgIpc) is 2.69. The van der Waals surface area contributed by atoms with E-state index in [0.29, 0.717) is 32.1 Å². The number of amides is 2. The molecule has 0 aliphatic carbocycles. The van der Waals surface area contributed by atoms with Gasteiger partial charge in [-0.05, 0) is 38.5 Å². The number of nitrogens with zero attached hydrogens (tertiary/aromatic N) is 2. The molecule has 5 heteroatoms. The predicted molar refractivity (Wildman–Crippen MR) is 80.7 cm³/mol. The zero-order chi connectivity index (χ0) is 14.9. The van der Waals surface area contributed by atoms with Crippen LogP contribution in [0.25, 0.3) is 0 Å². The summed E-state index contributed by atoms with van der Waals surface area (Å²) in [4.78, 5) is 27.2. The van der Waals surface area contributed by atoms with E-state index in [4.69, 9.17) is 4.74 Å². The van der Waals surface area contributed by atoms with Gasteiger partial charge in [0.1, 0.15) is 6.73 Å². The maximum absolute atomic E-state index is 11.8. The van der Waals surface area contributed by atoms with Crippen LogP contribution in [-0.4, -0.2) is 54.6 Å². The summed E-state index contributed by atoms with van der Waals surface area (Å²) >= 11 is 0. The lowest BCUT2D eigenvalue weighted by atomic mass is 10.1. The zero-order valence-corrected chi connectivity index (χ0v) is 13.0. The standard InChI is InChI=1S/C16H28N2O3/c19-15-8-2-1-4-10-17(15)11-6-7-13-21-14-18-12-5-3-9-16(18)20/h1-14H2. The number of unbranched alkanes of at least 4 members (excludes halogenated alkanes) is 1. The van der Waals surface area contributed by atoms with E-state index in [2.05, 4.69) is 0 Å². The Morgan fingerprint density at radius 1 is 0.810 bits per heavy atom. The number of piperidine rings is 1. The molecule has 0 bridgehead atoms. The van der Waals surface area contributed by atoms with Crippen LogP contribution in [0.1, 0.15) is 57.8 Å². The summed E-state index contributed by atoms with van der Waals surface area (Å²) in [5, 5.41) is 0. The summed E-state index contributed by atoms with van der Waals surface area (Å²) in [5.41, 5.74) is 0. The molecule has 2 aliphatic rings. The number of likely N-dealkylation sites (tertiary alicyclic amines) is 2. The van der Waals surface area contributed by atoms with E-state index in [1.54, 1.807) is 0 Å². The van der Waals surface area contributed by atoms with Crippen molar-refractivity contribution in [1.29, 1.82) is 0 Å². The summed E-state index contributed by atoms with van der Waals surface area (Å²) in [6.07, 6.45) is 8.78. The first-order valence-corrected chi connectivity index (χ1v) is 8.40. The monoisotopic (exact) mass is 296 g/mol. The molecule has 2 amide bonds. The fourth-order valence-corrected chi connectivity index (χ4v) is 2.95. The van der Waals surface area contributed by atoms with Crippen molar-refractivity contribution in [2.45, 2.75) is 57.8 Å². The maximum atomic E-state index is 11.8. The molecule has 120 valence electrons. The van der Waals surface area contributed by atoms with Gasteiger partial charge in [0.25, 0.3) is 0 Å². The van der Waals surface area contributed by atoms with Gasteiger partial charge in [0.05, 0.1) is 0 Å². The fourth-order valence-electron chi connectivity index (χ4n) is 2.95. The first kappa shape index (κ1) is 16.3. The predicted octanol–water partition coefficient (Wildman–Crippen LogP) is 2.16. The number of carbonyl (C=O) groups is 2. The molecular formula is C16H28N2O3. The highest BCUT2D eigenvalue weighted by molar-refractivity contribution is 5.76. The molecule has 0 saturated carbocycles. The minimum atomic E-state index is 0.219. The van der Waals surface area contributed by atoms with Gasteiger partial charge in [-0.3, -0.25) is 9.59 Å². The van der Waals surface area contributed by atoms with Crippen LogP contribution in [0.4, 0.5) is 0 Å². The summed E-state index contributed by atoms with van der Waals surface area (Å²) in [5.74, 6) is 0.531. The molecule has 0 aromatic rings. The van der Waals surface area contributed by atoms with Crippen LogP contribution in [0.5, 0.6) is 0 Å². The van der Waals surface area contributed by atoms with Crippen molar-refractivity contribution >= 4 is 11.8 Å². The fraction of sp³-hybridized carbons (Fsp3) is 0.875. The van der Waals surface area contributed by atoms with E-state index in [0.717, 1.165) is 58.2 Å². The Bertz CT molecular complexity index is 346. The van der Waals surface area contributed by atoms with Gasteiger partial charge in [0, 0.05) is 39.1 Å². The van der Waals surface area contributed by atoms with Crippen LogP contribution in [-0.2, 0) is 14.3 Å². The molecular weight excluding hydrogens is 268 g/mol. The average molecular weight is 296 g/mol. The van der Waals surface area contributed by atoms with Crippen molar-refractivity contribution in [1.82, 2.24) is 9.80 Å². The van der Waals surface area contributed by atoms with Crippen LogP contribution >= 0.6 is 0 Å². The molecule has 0 unspecified atom stereocenters. The third-order valence-corrected chi connectivity index (χ3v) is 4.31. The van der Waals surface area contributed by atoms with Crippen molar-refractivity contribution < 1.29 is 14.3 Å². The highest BCUT2D eigenvalue weighted by Gasteiger charge is 2.18. The molecule has 0 aromatic heterocycles. The molecule has 2 aliphatic heterocycles. The normalized spacial score (nSPS) is 20.8. The molecule has 0 aromatic carbocycles. The van der Waals surface area contributed by atoms with Crippen molar-refractivity contribution in [3.8, 4) is 0 Å². The summed E-state index contributed by atoms with van der Waals surface area (Å²) in [6.45, 7) is 3.71. The molecule has 5 nitrogen and oxygen atoms in total. The van der Waals surface area contributed by atoms with Crippen molar-refractivity contribution in [2.24, 2.45) is 0 Å². The Morgan fingerprint density at radius 2 is 1.48 bits per heavy atom. The number of rotatable bonds is 7. The van der Waals surface area contributed by atoms with Gasteiger partial charge in [0.15, 0.2) is 0 Å². The van der Waals surface area contributed by atoms with Crippen LogP contribution < -0.4 is 0 Å². The highest BCUT2D eigenvalue weighted by Crippen LogP contribution is 2.12. The van der Waals surface area contributed by atoms with E-state index in [1.165, 1.54) is 6.42 Å². The smallest absolute Gasteiger partial charge is 0.224 e. The number of hydrogen-bond acceptors (Lipinski definition) is 3. The lowest BCUT2D eigenvalue weighted by molar-refractivity contribution is -0.139. The van der Waals surface area contributed by atoms with Gasteiger partial charge in [-0.25, -0.2) is 0 Å². The van der Waals surface area contributed by atoms with Crippen LogP contribution in [0, 0.1) is 0 Å². The van der Waals surface area contributed by atoms with E-state index < -0.39 is 0 Å². The third kappa shape index (κ3) is 5.65. The van der Waals surface area contributed by atoms with Gasteiger partial charge >= 0.3 is 0 Å². The van der Waals surface area contributed by atoms with Gasteiger partial charge in [-0.1, -0.05) is 6.42 Å². The van der Waals surface area contributed by atoms with Crippen LogP contribution in [0.3, 0.4) is 0 Å². The maximum Gasteiger partial charge on any atom is 0.224 e. The molecule has 2 saturated heterocycles. The van der Waals surface area contributed by atoms with Crippen molar-refractivity contribution in [3.05, 3.63) is 0 Å². The molecule has 0 spiro atoms. The molecule has 2 rings (SSSR count). The topological polar surface area (TPSA) is 49.9 Å². The summed E-state index contributed by atoms with van der Waals surface area (Å²) < 4.78 is 5.59. The first-order chi connectivity index (χ1) is 10.3. The van der Waals surface area contributed by atoms with Gasteiger partial charge in [-0.15, -0.1) is 0 Å². The number of carbonyl (C=O) groups excluding carboxylic acids is 2. The van der Waals surface area contributed by atoms with E-state index in [9.17, 15) is 9.59 Å². The second-order valence-corrected chi connectivity index (χ2v) is 6.05. The Labute approximate surface area is 127 Å². The Morgan fingerprint density at radius 3 is 2.29 bits per heavy atom. The van der Waals surface area contributed by atoms with Crippen LogP contribution in [0.2, 0.25) is 0 Å². The summed E-state index contributed by atoms with van der Waals surface area (Å²) in [6, 6.07) is 0. The minimum absolute atomic E-state index is 0.219. The van der Waals surface area contributed by atoms with Crippen molar-refractivity contribution in [2.75, 3.05) is 33.0 Å². The molecule has 0 radical (unpaired) electrons. The molecule has 2 fully saturated rings. The SMILES string of the molecule is O=C1CCCCCN1CCCCOCN1CCCCC1=O. The second kappa shape index (κ2) is 9.03. The number of hydrogen-bond donors (Lipinski definition) is 0. The minimum Gasteiger partial charge on any atom is -0.361 e. The largest absolute Gasteiger partial charge is 0.361 e. The lowest BCUT2D eigenvalue weighted by Gasteiger charge is -2.26. The highest BCUT2D eigenvalue weighted by atomic mass is 16.5. The lowest BCUT2D eigenvalue weighted by Crippen LogP contribution is -2.37. The molecule has 2 heterocycles. The number of ether oxygens (including phenoxy) is 1. The van der Waals surface area contributed by atoms with Crippen molar-refractivity contribution in [3.63, 3.8) is 0 Å². The quantitative estimate of drug-likeness (QED) is 0.676. The second-order valence-electron chi connectivity index (χ2n) is 6.05. The van der Waals surface area contributed by atoms with Gasteiger partial charge in [-0.2, -0.15) is 0 Å². The molecule has 0 atom stereocenters.